The van der Waals surface area contributed by atoms with Gasteiger partial charge in [-0.05, 0) is 19.3 Å². The van der Waals surface area contributed by atoms with Crippen LogP contribution in [0.2, 0.25) is 0 Å². The van der Waals surface area contributed by atoms with Gasteiger partial charge in [0.15, 0.2) is 0 Å². The number of aliphatic hydroxyl groups is 3. The molecule has 0 aromatic rings. The molecule has 1 aliphatic heterocycles. The predicted molar refractivity (Wildman–Crippen MR) is 174 cm³/mol. The number of hydrogen-bond acceptors (Lipinski definition) is 7. The fourth-order valence-corrected chi connectivity index (χ4v) is 8.34. The van der Waals surface area contributed by atoms with Crippen LogP contribution in [0.15, 0.2) is 23.8 Å². The van der Waals surface area contributed by atoms with Crippen molar-refractivity contribution in [3.05, 3.63) is 23.8 Å². The van der Waals surface area contributed by atoms with Crippen molar-refractivity contribution >= 4 is 9.95 Å². The molecule has 0 aromatic carbocycles. The zero-order chi connectivity index (χ0) is 33.7. The molecule has 0 radical (unpaired) electrons. The Morgan fingerprint density at radius 3 is 2.29 bits per heavy atom. The molecule has 0 aromatic heterocycles. The number of cyclic esters (lactones) is 1. The summed E-state index contributed by atoms with van der Waals surface area (Å²) in [7, 11) is 0. The number of allylic oxidation sites excluding steroid dienone is 2. The van der Waals surface area contributed by atoms with Crippen molar-refractivity contribution in [2.24, 2.45) is 65.1 Å². The van der Waals surface area contributed by atoms with E-state index in [0.717, 1.165) is 17.4 Å². The van der Waals surface area contributed by atoms with Gasteiger partial charge in [0.25, 0.3) is 0 Å². The van der Waals surface area contributed by atoms with Gasteiger partial charge in [-0.25, -0.2) is 0 Å². The number of carbonyl (C=O) groups excluding carboxylic acids is 2. The molecule has 0 bridgehead atoms. The third kappa shape index (κ3) is 10.5. The first-order valence-corrected chi connectivity index (χ1v) is 20.6. The Morgan fingerprint density at radius 2 is 1.69 bits per heavy atom. The van der Waals surface area contributed by atoms with E-state index >= 15 is 0 Å². The van der Waals surface area contributed by atoms with Gasteiger partial charge in [0, 0.05) is 5.92 Å². The van der Waals surface area contributed by atoms with Crippen molar-refractivity contribution in [1.29, 1.82) is 0 Å². The molecule has 1 heterocycles. The van der Waals surface area contributed by atoms with E-state index in [9.17, 15) is 24.9 Å². The fraction of sp³-hybridized carbons (Fsp3) is 0.838. The molecule has 45 heavy (non-hydrogen) atoms. The quantitative estimate of drug-likeness (QED) is 0.0686. The molecule has 3 fully saturated rings. The van der Waals surface area contributed by atoms with E-state index in [1.165, 1.54) is 19.3 Å². The maximum atomic E-state index is 12.4. The van der Waals surface area contributed by atoms with Crippen LogP contribution in [-0.4, -0.2) is 60.7 Å². The molecule has 3 N–H and O–H groups in total. The SMILES string of the molecule is C[I-]C(=O)O[C@H]([C@@H](C)[C@H](O)[C@@H](C)C/C(C)=C\[C@H](C)[C@@H](O)[C@@H](C)/C=C\[C@@H](C)C[C@@H]1OC(=O)[C@H](C)[C@@H](O)[C@H]1C)[C@@H](C)C1CC1C1CC1. The van der Waals surface area contributed by atoms with Crippen molar-refractivity contribution in [2.75, 3.05) is 4.93 Å². The number of ether oxygens (including phenoxy) is 2. The van der Waals surface area contributed by atoms with Gasteiger partial charge in [-0.3, -0.25) is 4.79 Å². The maximum absolute atomic E-state index is 12.4. The van der Waals surface area contributed by atoms with Crippen molar-refractivity contribution in [1.82, 2.24) is 0 Å². The van der Waals surface area contributed by atoms with Crippen molar-refractivity contribution in [2.45, 2.75) is 125 Å². The Morgan fingerprint density at radius 1 is 1.04 bits per heavy atom. The van der Waals surface area contributed by atoms with Crippen LogP contribution in [0.1, 0.15) is 94.4 Å². The van der Waals surface area contributed by atoms with Crippen LogP contribution in [0, 0.1) is 65.1 Å². The second-order valence-electron chi connectivity index (χ2n) is 15.2. The van der Waals surface area contributed by atoms with Crippen LogP contribution < -0.4 is 21.2 Å². The van der Waals surface area contributed by atoms with E-state index in [1.54, 1.807) is 6.92 Å². The Hall–Kier alpha value is -0.970. The summed E-state index contributed by atoms with van der Waals surface area (Å²) in [6.45, 7) is 18.1. The molecule has 2 saturated carbocycles. The topological polar surface area (TPSA) is 113 Å². The van der Waals surface area contributed by atoms with Gasteiger partial charge in [-0.15, -0.1) is 0 Å². The van der Waals surface area contributed by atoms with Gasteiger partial charge < -0.3 is 9.84 Å². The first-order valence-electron chi connectivity index (χ1n) is 17.4. The monoisotopic (exact) mass is 745 g/mol. The second-order valence-corrected chi connectivity index (χ2v) is 17.2. The van der Waals surface area contributed by atoms with E-state index < -0.39 is 45.4 Å². The fourth-order valence-electron chi connectivity index (χ4n) is 7.80. The normalized spacial score (nSPS) is 33.4. The Bertz CT molecular complexity index is 1040. The molecule has 7 nitrogen and oxygen atoms in total. The number of halogens is 1. The summed E-state index contributed by atoms with van der Waals surface area (Å²) in [5, 5.41) is 32.9. The van der Waals surface area contributed by atoms with E-state index in [0.29, 0.717) is 18.8 Å². The summed E-state index contributed by atoms with van der Waals surface area (Å²) in [5.41, 5.74) is 1.13. The van der Waals surface area contributed by atoms with E-state index in [2.05, 4.69) is 39.8 Å². The summed E-state index contributed by atoms with van der Waals surface area (Å²) in [6, 6.07) is 0. The third-order valence-corrected chi connectivity index (χ3v) is 12.4. The van der Waals surface area contributed by atoms with Gasteiger partial charge in [-0.2, -0.15) is 0 Å². The molecule has 3 aliphatic rings. The molecule has 0 amide bonds. The third-order valence-electron chi connectivity index (χ3n) is 11.2. The summed E-state index contributed by atoms with van der Waals surface area (Å²) < 4.78 is 11.5. The van der Waals surface area contributed by atoms with Gasteiger partial charge in [0.1, 0.15) is 6.10 Å². The number of rotatable bonds is 17. The molecule has 3 rings (SSSR count). The van der Waals surface area contributed by atoms with Crippen molar-refractivity contribution < 1.29 is 55.6 Å². The zero-order valence-corrected chi connectivity index (χ0v) is 31.5. The van der Waals surface area contributed by atoms with E-state index in [4.69, 9.17) is 9.47 Å². The number of aliphatic hydroxyl groups excluding tert-OH is 3. The summed E-state index contributed by atoms with van der Waals surface area (Å²) in [5.74, 6) is 1.36. The van der Waals surface area contributed by atoms with Gasteiger partial charge >= 0.3 is 193 Å². The first-order chi connectivity index (χ1) is 21.1. The molecular weight excluding hydrogens is 683 g/mol. The standard InChI is InChI=1S/C37H62IO7/c1-19(17-31-25(7)34(41)27(9)36(42)44-31)11-12-21(3)32(39)22(4)15-20(2)16-23(5)33(40)26(8)35(45-37(43)38-10)24(6)29-18-30(29)28-13-14-28/h11-12,15,19,21-35,39-41H,13-14,16-18H2,1-10H3/q-1/b12-11-,20-15-/t19-,21+,22+,23+,24+,25+,26+,27-,29?,30?,31+,32+,33-,34+,35+/m1/s1. The van der Waals surface area contributed by atoms with Crippen molar-refractivity contribution in [3.63, 3.8) is 0 Å². The number of hydrogen-bond donors (Lipinski definition) is 3. The summed E-state index contributed by atoms with van der Waals surface area (Å²) in [6.07, 6.45) is 9.02. The minimum atomic E-state index is -0.691. The zero-order valence-electron chi connectivity index (χ0n) is 29.4. The van der Waals surface area contributed by atoms with Crippen LogP contribution in [0.5, 0.6) is 0 Å². The van der Waals surface area contributed by atoms with E-state index in [-0.39, 0.29) is 63.6 Å². The minimum absolute atomic E-state index is 0.0142. The van der Waals surface area contributed by atoms with Gasteiger partial charge in [-0.1, -0.05) is 32.9 Å². The summed E-state index contributed by atoms with van der Waals surface area (Å²) in [4.78, 5) is 26.4. The molecule has 2 aliphatic carbocycles. The number of alkyl halides is 1. The van der Waals surface area contributed by atoms with Gasteiger partial charge in [0.2, 0.25) is 0 Å². The average molecular weight is 746 g/mol. The van der Waals surface area contributed by atoms with Gasteiger partial charge in [0.05, 0.1) is 12.0 Å². The van der Waals surface area contributed by atoms with Crippen LogP contribution >= 0.6 is 0 Å². The molecule has 15 atom stereocenters. The number of esters is 1. The van der Waals surface area contributed by atoms with Crippen LogP contribution in [-0.2, 0) is 14.3 Å². The van der Waals surface area contributed by atoms with Crippen LogP contribution in [0.25, 0.3) is 0 Å². The predicted octanol–water partition coefficient (Wildman–Crippen LogP) is 3.64. The molecule has 260 valence electrons. The van der Waals surface area contributed by atoms with Crippen molar-refractivity contribution in [3.8, 4) is 0 Å². The first kappa shape index (κ1) is 38.5. The molecule has 8 heteroatoms. The summed E-state index contributed by atoms with van der Waals surface area (Å²) >= 11 is -0.649. The Labute approximate surface area is 283 Å². The Balaban J connectivity index is 1.52. The average Bonchev–Trinajstić information content (AvgIpc) is 3.92. The molecule has 0 spiro atoms. The van der Waals surface area contributed by atoms with Crippen LogP contribution in [0.3, 0.4) is 0 Å². The Kier molecular flexibility index (Phi) is 14.5. The molecule has 1 saturated heterocycles. The molecule has 2 unspecified atom stereocenters. The van der Waals surface area contributed by atoms with E-state index in [1.807, 2.05) is 38.7 Å². The molecular formula is C37H62IO7-. The van der Waals surface area contributed by atoms with Crippen LogP contribution in [0.4, 0.5) is 4.79 Å². The second kappa shape index (κ2) is 16.9. The number of carbonyl (C=O) groups is 2.